The Morgan fingerprint density at radius 2 is 1.53 bits per heavy atom. The lowest BCUT2D eigenvalue weighted by atomic mass is 9.95. The van der Waals surface area contributed by atoms with Gasteiger partial charge in [-0.05, 0) is 79.5 Å². The molecule has 0 saturated heterocycles. The molecule has 0 heterocycles. The number of thiocarbonyl (C=S) groups is 1. The number of ether oxygens (including phenoxy) is 1. The fourth-order valence-electron chi connectivity index (χ4n) is 3.52. The van der Waals surface area contributed by atoms with E-state index in [1.54, 1.807) is 48.5 Å². The Labute approximate surface area is 195 Å². The fraction of sp³-hybridized carbons (Fsp3) is 0.400. The first kappa shape index (κ1) is 23.7. The summed E-state index contributed by atoms with van der Waals surface area (Å²) in [6.45, 7) is 4.78. The number of hydrogen-bond donors (Lipinski definition) is 3. The highest BCUT2D eigenvalue weighted by atomic mass is 32.1. The van der Waals surface area contributed by atoms with Crippen LogP contribution in [0.25, 0.3) is 0 Å². The summed E-state index contributed by atoms with van der Waals surface area (Å²) < 4.78 is 5.63. The molecule has 2 aromatic rings. The lowest BCUT2D eigenvalue weighted by Crippen LogP contribution is -2.36. The zero-order valence-electron chi connectivity index (χ0n) is 18.6. The zero-order chi connectivity index (χ0) is 22.9. The first-order valence-corrected chi connectivity index (χ1v) is 11.6. The van der Waals surface area contributed by atoms with Gasteiger partial charge in [0.05, 0.1) is 6.61 Å². The van der Waals surface area contributed by atoms with Gasteiger partial charge in [-0.3, -0.25) is 14.9 Å². The van der Waals surface area contributed by atoms with Gasteiger partial charge in [0.25, 0.3) is 11.8 Å². The zero-order valence-corrected chi connectivity index (χ0v) is 19.5. The molecule has 0 spiro atoms. The van der Waals surface area contributed by atoms with Crippen LogP contribution < -0.4 is 20.7 Å². The molecule has 0 atom stereocenters. The third-order valence-corrected chi connectivity index (χ3v) is 5.48. The third-order valence-electron chi connectivity index (χ3n) is 5.27. The standard InChI is InChI=1S/C25H31N3O3S/c1-17(2)16-31-22-14-10-19(11-15-22)24(30)28-25(32)27-21-12-8-18(9-13-21)23(29)26-20-6-4-3-5-7-20/h8-15,17,20H,3-7,16H2,1-2H3,(H,26,29)(H2,27,28,30,32). The van der Waals surface area contributed by atoms with Crippen LogP contribution in [0.3, 0.4) is 0 Å². The quantitative estimate of drug-likeness (QED) is 0.519. The van der Waals surface area contributed by atoms with Crippen LogP contribution in [0.1, 0.15) is 66.7 Å². The van der Waals surface area contributed by atoms with Gasteiger partial charge in [0.15, 0.2) is 5.11 Å². The Balaban J connectivity index is 1.47. The van der Waals surface area contributed by atoms with Crippen LogP contribution in [0.5, 0.6) is 5.75 Å². The summed E-state index contributed by atoms with van der Waals surface area (Å²) in [5, 5.41) is 8.94. The number of rotatable bonds is 7. The Hall–Kier alpha value is -2.93. The normalized spacial score (nSPS) is 14.0. The number of benzene rings is 2. The Kier molecular flexibility index (Phi) is 8.62. The van der Waals surface area contributed by atoms with E-state index in [0.29, 0.717) is 29.3 Å². The monoisotopic (exact) mass is 453 g/mol. The minimum absolute atomic E-state index is 0.0554. The maximum atomic E-state index is 12.4. The molecule has 1 aliphatic rings. The predicted molar refractivity (Wildman–Crippen MR) is 131 cm³/mol. The van der Waals surface area contributed by atoms with Crippen molar-refractivity contribution in [3.63, 3.8) is 0 Å². The summed E-state index contributed by atoms with van der Waals surface area (Å²) in [4.78, 5) is 24.8. The number of amides is 2. The van der Waals surface area contributed by atoms with Gasteiger partial charge in [-0.25, -0.2) is 0 Å². The molecule has 0 aliphatic heterocycles. The SMILES string of the molecule is CC(C)COc1ccc(C(=O)NC(=S)Nc2ccc(C(=O)NC3CCCCC3)cc2)cc1. The van der Waals surface area contributed by atoms with E-state index in [-0.39, 0.29) is 23.0 Å². The number of hydrogen-bond acceptors (Lipinski definition) is 4. The second kappa shape index (κ2) is 11.6. The van der Waals surface area contributed by atoms with Crippen molar-refractivity contribution in [2.24, 2.45) is 5.92 Å². The minimum Gasteiger partial charge on any atom is -0.493 e. The topological polar surface area (TPSA) is 79.5 Å². The number of carbonyl (C=O) groups excluding carboxylic acids is 2. The smallest absolute Gasteiger partial charge is 0.257 e. The molecule has 3 N–H and O–H groups in total. The van der Waals surface area contributed by atoms with Crippen LogP contribution in [0.2, 0.25) is 0 Å². The highest BCUT2D eigenvalue weighted by molar-refractivity contribution is 7.80. The van der Waals surface area contributed by atoms with Crippen molar-refractivity contribution >= 4 is 34.8 Å². The van der Waals surface area contributed by atoms with E-state index in [9.17, 15) is 9.59 Å². The van der Waals surface area contributed by atoms with Crippen molar-refractivity contribution in [1.29, 1.82) is 0 Å². The largest absolute Gasteiger partial charge is 0.493 e. The molecule has 2 amide bonds. The van der Waals surface area contributed by atoms with Gasteiger partial charge in [0.1, 0.15) is 5.75 Å². The number of nitrogens with one attached hydrogen (secondary N) is 3. The van der Waals surface area contributed by atoms with Crippen LogP contribution in [-0.2, 0) is 0 Å². The van der Waals surface area contributed by atoms with Gasteiger partial charge in [-0.15, -0.1) is 0 Å². The highest BCUT2D eigenvalue weighted by Gasteiger charge is 2.16. The van der Waals surface area contributed by atoms with Crippen molar-refractivity contribution in [2.75, 3.05) is 11.9 Å². The van der Waals surface area contributed by atoms with Crippen molar-refractivity contribution < 1.29 is 14.3 Å². The second-order valence-electron chi connectivity index (χ2n) is 8.52. The molecule has 170 valence electrons. The lowest BCUT2D eigenvalue weighted by Gasteiger charge is -2.22. The summed E-state index contributed by atoms with van der Waals surface area (Å²) >= 11 is 5.25. The van der Waals surface area contributed by atoms with Crippen LogP contribution in [0.4, 0.5) is 5.69 Å². The summed E-state index contributed by atoms with van der Waals surface area (Å²) in [6, 6.07) is 14.3. The lowest BCUT2D eigenvalue weighted by molar-refractivity contribution is 0.0926. The van der Waals surface area contributed by atoms with Crippen LogP contribution >= 0.6 is 12.2 Å². The molecule has 7 heteroatoms. The molecule has 6 nitrogen and oxygen atoms in total. The average Bonchev–Trinajstić information content (AvgIpc) is 2.79. The van der Waals surface area contributed by atoms with Gasteiger partial charge in [0, 0.05) is 22.9 Å². The van der Waals surface area contributed by atoms with E-state index >= 15 is 0 Å². The van der Waals surface area contributed by atoms with E-state index in [1.807, 2.05) is 0 Å². The van der Waals surface area contributed by atoms with Crippen LogP contribution in [0, 0.1) is 5.92 Å². The molecular formula is C25H31N3O3S. The van der Waals surface area contributed by atoms with Gasteiger partial charge in [-0.2, -0.15) is 0 Å². The molecular weight excluding hydrogens is 422 g/mol. The molecule has 0 bridgehead atoms. The molecule has 0 radical (unpaired) electrons. The Morgan fingerprint density at radius 3 is 2.16 bits per heavy atom. The minimum atomic E-state index is -0.304. The van der Waals surface area contributed by atoms with Crippen molar-refractivity contribution in [3.05, 3.63) is 59.7 Å². The van der Waals surface area contributed by atoms with Crippen molar-refractivity contribution in [2.45, 2.75) is 52.0 Å². The molecule has 0 aromatic heterocycles. The molecule has 32 heavy (non-hydrogen) atoms. The number of carbonyl (C=O) groups is 2. The van der Waals surface area contributed by atoms with E-state index in [0.717, 1.165) is 18.6 Å². The van der Waals surface area contributed by atoms with Crippen LogP contribution in [0.15, 0.2) is 48.5 Å². The summed E-state index contributed by atoms with van der Waals surface area (Å²) in [5.41, 5.74) is 1.79. The Morgan fingerprint density at radius 1 is 0.938 bits per heavy atom. The summed E-state index contributed by atoms with van der Waals surface area (Å²) in [5.74, 6) is 0.798. The number of anilines is 1. The van der Waals surface area contributed by atoms with Gasteiger partial charge in [-0.1, -0.05) is 33.1 Å². The molecule has 2 aromatic carbocycles. The first-order valence-electron chi connectivity index (χ1n) is 11.2. The van der Waals surface area contributed by atoms with Crippen molar-refractivity contribution in [3.8, 4) is 5.75 Å². The average molecular weight is 454 g/mol. The Bertz CT molecular complexity index is 920. The maximum absolute atomic E-state index is 12.4. The molecule has 1 fully saturated rings. The van der Waals surface area contributed by atoms with E-state index in [2.05, 4.69) is 29.8 Å². The highest BCUT2D eigenvalue weighted by Crippen LogP contribution is 2.18. The summed E-state index contributed by atoms with van der Waals surface area (Å²) in [6.07, 6.45) is 5.70. The first-order chi connectivity index (χ1) is 15.4. The molecule has 0 unspecified atom stereocenters. The molecule has 1 aliphatic carbocycles. The van der Waals surface area contributed by atoms with Crippen molar-refractivity contribution in [1.82, 2.24) is 10.6 Å². The van der Waals surface area contributed by atoms with Gasteiger partial charge < -0.3 is 15.4 Å². The van der Waals surface area contributed by atoms with E-state index in [4.69, 9.17) is 17.0 Å². The van der Waals surface area contributed by atoms with Gasteiger partial charge >= 0.3 is 0 Å². The second-order valence-corrected chi connectivity index (χ2v) is 8.93. The predicted octanol–water partition coefficient (Wildman–Crippen LogP) is 4.91. The molecule has 1 saturated carbocycles. The van der Waals surface area contributed by atoms with Gasteiger partial charge in [0.2, 0.25) is 0 Å². The summed E-state index contributed by atoms with van der Waals surface area (Å²) in [7, 11) is 0. The maximum Gasteiger partial charge on any atom is 0.257 e. The van der Waals surface area contributed by atoms with E-state index in [1.165, 1.54) is 19.3 Å². The van der Waals surface area contributed by atoms with Crippen LogP contribution in [-0.4, -0.2) is 29.6 Å². The van der Waals surface area contributed by atoms with E-state index < -0.39 is 0 Å². The fourth-order valence-corrected chi connectivity index (χ4v) is 3.73. The third kappa shape index (κ3) is 7.34. The molecule has 3 rings (SSSR count).